The maximum Gasteiger partial charge on any atom is 0.305 e. The molecule has 6 nitrogen and oxygen atoms in total. The molecule has 0 aromatic carbocycles. The monoisotopic (exact) mass is 262 g/mol. The second kappa shape index (κ2) is 6.93. The van der Waals surface area contributed by atoms with E-state index in [9.17, 15) is 14.0 Å². The summed E-state index contributed by atoms with van der Waals surface area (Å²) >= 11 is 0. The summed E-state index contributed by atoms with van der Waals surface area (Å²) in [5, 5.41) is 13.2. The molecule has 104 valence electrons. The molecule has 0 saturated heterocycles. The molecule has 1 atom stereocenters. The van der Waals surface area contributed by atoms with Gasteiger partial charge in [-0.1, -0.05) is 25.9 Å². The van der Waals surface area contributed by atoms with Gasteiger partial charge in [-0.2, -0.15) is 4.39 Å². The lowest BCUT2D eigenvalue weighted by atomic mass is 9.79. The van der Waals surface area contributed by atoms with Gasteiger partial charge in [0.15, 0.2) is 0 Å². The molecule has 0 rings (SSSR count). The minimum atomic E-state index is -1.32. The number of amides is 1. The molecule has 0 fully saturated rings. The van der Waals surface area contributed by atoms with E-state index >= 15 is 0 Å². The molecule has 0 aliphatic heterocycles. The van der Waals surface area contributed by atoms with E-state index in [1.165, 1.54) is 7.05 Å². The normalized spacial score (nSPS) is 13.9. The smallest absolute Gasteiger partial charge is 0.305 e. The fourth-order valence-corrected chi connectivity index (χ4v) is 1.44. The van der Waals surface area contributed by atoms with Crippen molar-refractivity contribution in [2.75, 3.05) is 13.7 Å². The Bertz CT molecular complexity index is 342. The van der Waals surface area contributed by atoms with Crippen LogP contribution in [0.15, 0.2) is 5.16 Å². The Morgan fingerprint density at radius 1 is 1.50 bits per heavy atom. The average molecular weight is 262 g/mol. The van der Waals surface area contributed by atoms with E-state index in [4.69, 9.17) is 9.94 Å². The SMILES string of the molecule is CCC(=O)OCC(C)(C)C(C(=O)NC)/C(F)=N/O. The molecule has 0 aliphatic rings. The third kappa shape index (κ3) is 4.31. The Morgan fingerprint density at radius 2 is 2.06 bits per heavy atom. The summed E-state index contributed by atoms with van der Waals surface area (Å²) in [5.41, 5.74) is -1.03. The van der Waals surface area contributed by atoms with Crippen LogP contribution in [-0.4, -0.2) is 36.7 Å². The Morgan fingerprint density at radius 3 is 2.44 bits per heavy atom. The van der Waals surface area contributed by atoms with Crippen molar-refractivity contribution in [1.82, 2.24) is 5.32 Å². The van der Waals surface area contributed by atoms with Crippen LogP contribution in [0.2, 0.25) is 0 Å². The zero-order chi connectivity index (χ0) is 14.3. The van der Waals surface area contributed by atoms with E-state index in [1.807, 2.05) is 0 Å². The Labute approximate surface area is 105 Å². The van der Waals surface area contributed by atoms with E-state index in [1.54, 1.807) is 20.8 Å². The Balaban J connectivity index is 4.97. The number of hydrogen-bond donors (Lipinski definition) is 2. The zero-order valence-electron chi connectivity index (χ0n) is 11.0. The minimum absolute atomic E-state index is 0.152. The van der Waals surface area contributed by atoms with Gasteiger partial charge in [0, 0.05) is 18.9 Å². The van der Waals surface area contributed by atoms with E-state index in [0.29, 0.717) is 0 Å². The molecule has 1 amide bonds. The van der Waals surface area contributed by atoms with E-state index in [0.717, 1.165) is 0 Å². The van der Waals surface area contributed by atoms with Crippen LogP contribution < -0.4 is 5.32 Å². The summed E-state index contributed by atoms with van der Waals surface area (Å²) < 4.78 is 18.3. The maximum absolute atomic E-state index is 13.4. The zero-order valence-corrected chi connectivity index (χ0v) is 11.0. The predicted octanol–water partition coefficient (Wildman–Crippen LogP) is 1.09. The van der Waals surface area contributed by atoms with Crippen LogP contribution in [0.25, 0.3) is 0 Å². The van der Waals surface area contributed by atoms with Crippen LogP contribution in [0.5, 0.6) is 0 Å². The number of halogens is 1. The van der Waals surface area contributed by atoms with Gasteiger partial charge in [-0.15, -0.1) is 0 Å². The Hall–Kier alpha value is -1.66. The van der Waals surface area contributed by atoms with Crippen LogP contribution in [0, 0.1) is 11.3 Å². The standard InChI is InChI=1S/C11H19FN2O4/c1-5-7(15)18-6-11(2,3)8(9(12)14-17)10(16)13-4/h8,17H,5-6H2,1-4H3,(H,13,16)/b14-9-. The molecule has 0 spiro atoms. The number of nitrogens with one attached hydrogen (secondary N) is 1. The first-order valence-corrected chi connectivity index (χ1v) is 5.54. The highest BCUT2D eigenvalue weighted by Gasteiger charge is 2.41. The summed E-state index contributed by atoms with van der Waals surface area (Å²) in [6.07, 6.45) is 0.192. The molecule has 1 unspecified atom stereocenters. The van der Waals surface area contributed by atoms with Gasteiger partial charge >= 0.3 is 5.97 Å². The summed E-state index contributed by atoms with van der Waals surface area (Å²) in [7, 11) is 1.34. The molecule has 0 radical (unpaired) electrons. The molecule has 0 aromatic heterocycles. The highest BCUT2D eigenvalue weighted by atomic mass is 19.1. The number of rotatable bonds is 6. The number of esters is 1. The number of carbonyl (C=O) groups excluding carboxylic acids is 2. The lowest BCUT2D eigenvalue weighted by Gasteiger charge is -2.30. The summed E-state index contributed by atoms with van der Waals surface area (Å²) in [6, 6.07) is 0. The van der Waals surface area contributed by atoms with E-state index < -0.39 is 29.2 Å². The molecular weight excluding hydrogens is 243 g/mol. The number of ether oxygens (including phenoxy) is 1. The molecule has 7 heteroatoms. The second-order valence-corrected chi connectivity index (χ2v) is 4.47. The molecule has 18 heavy (non-hydrogen) atoms. The first-order valence-electron chi connectivity index (χ1n) is 5.54. The van der Waals surface area contributed by atoms with Gasteiger partial charge in [0.1, 0.15) is 5.92 Å². The lowest BCUT2D eigenvalue weighted by molar-refractivity contribution is -0.148. The van der Waals surface area contributed by atoms with Crippen molar-refractivity contribution in [3.05, 3.63) is 0 Å². The van der Waals surface area contributed by atoms with Crippen molar-refractivity contribution in [2.24, 2.45) is 16.5 Å². The molecule has 2 N–H and O–H groups in total. The number of oxime groups is 1. The van der Waals surface area contributed by atoms with Gasteiger partial charge in [0.05, 0.1) is 6.61 Å². The predicted molar refractivity (Wildman–Crippen MR) is 62.9 cm³/mol. The van der Waals surface area contributed by atoms with E-state index in [2.05, 4.69) is 10.5 Å². The highest BCUT2D eigenvalue weighted by molar-refractivity contribution is 6.00. The van der Waals surface area contributed by atoms with Crippen molar-refractivity contribution in [2.45, 2.75) is 27.2 Å². The van der Waals surface area contributed by atoms with Gasteiger partial charge in [-0.05, 0) is 0 Å². The quantitative estimate of drug-likeness (QED) is 0.324. The van der Waals surface area contributed by atoms with Gasteiger partial charge in [-0.3, -0.25) is 9.59 Å². The van der Waals surface area contributed by atoms with Crippen molar-refractivity contribution >= 4 is 17.8 Å². The van der Waals surface area contributed by atoms with Crippen LogP contribution in [0.1, 0.15) is 27.2 Å². The molecule has 0 saturated carbocycles. The van der Waals surface area contributed by atoms with E-state index in [-0.39, 0.29) is 13.0 Å². The van der Waals surface area contributed by atoms with Crippen molar-refractivity contribution < 1.29 is 23.9 Å². The van der Waals surface area contributed by atoms with Crippen LogP contribution in [0.4, 0.5) is 4.39 Å². The van der Waals surface area contributed by atoms with Gasteiger partial charge in [-0.25, -0.2) is 0 Å². The first kappa shape index (κ1) is 16.3. The topological polar surface area (TPSA) is 88.0 Å². The van der Waals surface area contributed by atoms with Gasteiger partial charge in [0.2, 0.25) is 11.9 Å². The summed E-state index contributed by atoms with van der Waals surface area (Å²) in [6.45, 7) is 4.56. The fraction of sp³-hybridized carbons (Fsp3) is 0.727. The minimum Gasteiger partial charge on any atom is -0.465 e. The van der Waals surface area contributed by atoms with Crippen LogP contribution in [0.3, 0.4) is 0 Å². The molecular formula is C11H19FN2O4. The van der Waals surface area contributed by atoms with Crippen molar-refractivity contribution in [1.29, 1.82) is 0 Å². The summed E-state index contributed by atoms with van der Waals surface area (Å²) in [5.74, 6) is -3.63. The average Bonchev–Trinajstić information content (AvgIpc) is 2.35. The van der Waals surface area contributed by atoms with Crippen molar-refractivity contribution in [3.63, 3.8) is 0 Å². The van der Waals surface area contributed by atoms with Crippen LogP contribution in [-0.2, 0) is 14.3 Å². The number of nitrogens with zero attached hydrogens (tertiary/aromatic N) is 1. The van der Waals surface area contributed by atoms with Gasteiger partial charge < -0.3 is 15.3 Å². The maximum atomic E-state index is 13.4. The van der Waals surface area contributed by atoms with Crippen molar-refractivity contribution in [3.8, 4) is 0 Å². The molecule has 0 aliphatic carbocycles. The fourth-order valence-electron chi connectivity index (χ4n) is 1.44. The number of hydrogen-bond acceptors (Lipinski definition) is 5. The molecule has 0 heterocycles. The highest BCUT2D eigenvalue weighted by Crippen LogP contribution is 2.29. The Kier molecular flexibility index (Phi) is 6.29. The third-order valence-electron chi connectivity index (χ3n) is 2.52. The van der Waals surface area contributed by atoms with Gasteiger partial charge in [0.25, 0.3) is 0 Å². The lowest BCUT2D eigenvalue weighted by Crippen LogP contribution is -2.44. The van der Waals surface area contributed by atoms with Crippen LogP contribution >= 0.6 is 0 Å². The second-order valence-electron chi connectivity index (χ2n) is 4.47. The molecule has 0 aromatic rings. The largest absolute Gasteiger partial charge is 0.465 e. The summed E-state index contributed by atoms with van der Waals surface area (Å²) in [4.78, 5) is 22.7. The molecule has 0 bridgehead atoms. The number of carbonyl (C=O) groups is 2. The first-order chi connectivity index (χ1) is 8.30. The third-order valence-corrected chi connectivity index (χ3v) is 2.52.